The van der Waals surface area contributed by atoms with Gasteiger partial charge in [-0.05, 0) is 43.2 Å². The molecule has 9 nitrogen and oxygen atoms in total. The molecule has 4 aromatic rings. The van der Waals surface area contributed by atoms with Gasteiger partial charge in [-0.2, -0.15) is 10.4 Å². The Hall–Kier alpha value is -4.98. The van der Waals surface area contributed by atoms with Crippen molar-refractivity contribution >= 4 is 28.5 Å². The molecule has 0 saturated carbocycles. The van der Waals surface area contributed by atoms with E-state index in [-0.39, 0.29) is 29.8 Å². The van der Waals surface area contributed by atoms with E-state index < -0.39 is 11.8 Å². The number of rotatable bonds is 7. The summed E-state index contributed by atoms with van der Waals surface area (Å²) >= 11 is 0. The van der Waals surface area contributed by atoms with Crippen LogP contribution in [0.2, 0.25) is 0 Å². The highest BCUT2D eigenvalue weighted by Crippen LogP contribution is 2.34. The summed E-state index contributed by atoms with van der Waals surface area (Å²) in [6, 6.07) is 11.1. The number of piperidine rings is 1. The van der Waals surface area contributed by atoms with Crippen molar-refractivity contribution in [1.82, 2.24) is 24.6 Å². The third kappa shape index (κ3) is 5.41. The summed E-state index contributed by atoms with van der Waals surface area (Å²) < 4.78 is 30.0. The maximum atomic E-state index is 14.1. The minimum absolute atomic E-state index is 0.0287. The van der Waals surface area contributed by atoms with Crippen LogP contribution in [0.3, 0.4) is 0 Å². The molecule has 5 rings (SSSR count). The Morgan fingerprint density at radius 3 is 2.73 bits per heavy atom. The number of nitriles is 1. The molecule has 0 aliphatic carbocycles. The van der Waals surface area contributed by atoms with Crippen molar-refractivity contribution in [3.05, 3.63) is 84.3 Å². The van der Waals surface area contributed by atoms with E-state index >= 15 is 0 Å². The van der Waals surface area contributed by atoms with E-state index in [0.717, 1.165) is 12.8 Å². The molecule has 0 bridgehead atoms. The van der Waals surface area contributed by atoms with Crippen LogP contribution in [-0.2, 0) is 10.7 Å². The molecule has 1 aromatic carbocycles. The number of amides is 2. The van der Waals surface area contributed by atoms with Gasteiger partial charge in [0.05, 0.1) is 17.1 Å². The van der Waals surface area contributed by atoms with Crippen LogP contribution in [0.15, 0.2) is 67.6 Å². The Bertz CT molecular complexity index is 1670. The average Bonchev–Trinajstić information content (AvgIpc) is 3.41. The summed E-state index contributed by atoms with van der Waals surface area (Å²) in [6.07, 6.45) is 6.87. The SMILES string of the molecule is C=CC(=O)N1CCCC(n2nc(-c3ccc(C(=O)Nc4cc(C(F)(F)CC)ccn4)cc3)c3cncc(C#N)c32)C1. The van der Waals surface area contributed by atoms with Crippen LogP contribution in [0, 0.1) is 11.3 Å². The van der Waals surface area contributed by atoms with Gasteiger partial charge in [0.2, 0.25) is 5.91 Å². The monoisotopic (exact) mass is 555 g/mol. The summed E-state index contributed by atoms with van der Waals surface area (Å²) in [4.78, 5) is 35.1. The third-order valence-electron chi connectivity index (χ3n) is 7.25. The molecule has 41 heavy (non-hydrogen) atoms. The summed E-state index contributed by atoms with van der Waals surface area (Å²) in [5.74, 6) is -3.64. The van der Waals surface area contributed by atoms with Crippen molar-refractivity contribution < 1.29 is 18.4 Å². The Labute approximate surface area is 235 Å². The van der Waals surface area contributed by atoms with Gasteiger partial charge in [-0.25, -0.2) is 13.8 Å². The highest BCUT2D eigenvalue weighted by molar-refractivity contribution is 6.04. The van der Waals surface area contributed by atoms with Crippen molar-refractivity contribution in [1.29, 1.82) is 5.26 Å². The molecule has 1 aliphatic heterocycles. The average molecular weight is 556 g/mol. The van der Waals surface area contributed by atoms with Gasteiger partial charge < -0.3 is 10.2 Å². The maximum absolute atomic E-state index is 14.1. The summed E-state index contributed by atoms with van der Waals surface area (Å²) in [5, 5.41) is 17.9. The number of nitrogens with zero attached hydrogens (tertiary/aromatic N) is 6. The number of pyridine rings is 2. The van der Waals surface area contributed by atoms with Crippen molar-refractivity contribution in [3.8, 4) is 17.3 Å². The van der Waals surface area contributed by atoms with Crippen LogP contribution >= 0.6 is 0 Å². The van der Waals surface area contributed by atoms with Crippen molar-refractivity contribution in [2.24, 2.45) is 0 Å². The first-order valence-corrected chi connectivity index (χ1v) is 13.2. The summed E-state index contributed by atoms with van der Waals surface area (Å²) in [5.41, 5.74) is 2.36. The number of benzene rings is 1. The van der Waals surface area contributed by atoms with Gasteiger partial charge in [-0.1, -0.05) is 25.6 Å². The minimum Gasteiger partial charge on any atom is -0.337 e. The highest BCUT2D eigenvalue weighted by Gasteiger charge is 2.30. The fraction of sp³-hybridized carbons (Fsp3) is 0.267. The number of anilines is 1. The minimum atomic E-state index is -3.02. The van der Waals surface area contributed by atoms with E-state index in [1.807, 2.05) is 0 Å². The molecular formula is C30H27F2N7O2. The molecule has 2 amide bonds. The molecule has 1 aliphatic rings. The number of carbonyl (C=O) groups is 2. The number of aromatic nitrogens is 4. The van der Waals surface area contributed by atoms with Crippen LogP contribution in [-0.4, -0.2) is 49.6 Å². The normalized spacial score (nSPS) is 15.4. The lowest BCUT2D eigenvalue weighted by molar-refractivity contribution is -0.127. The zero-order valence-electron chi connectivity index (χ0n) is 22.3. The molecule has 0 spiro atoms. The molecular weight excluding hydrogens is 528 g/mol. The number of fused-ring (bicyclic) bond motifs is 1. The number of hydrogen-bond acceptors (Lipinski definition) is 6. The van der Waals surface area contributed by atoms with Gasteiger partial charge in [0.25, 0.3) is 11.8 Å². The van der Waals surface area contributed by atoms with Crippen LogP contribution in [0.5, 0.6) is 0 Å². The molecule has 0 radical (unpaired) electrons. The standard InChI is InChI=1S/C30H27F2N7O2/c1-3-26(40)38-13-5-6-23(18-38)39-28-21(15-33)16-34-17-24(28)27(37-39)19-7-9-20(10-8-19)29(41)36-25-14-22(11-12-35-25)30(31,32)4-2/h3,7-12,14,16-17,23H,1,4-6,13,18H2,2H3,(H,35,36,41). The summed E-state index contributed by atoms with van der Waals surface area (Å²) in [7, 11) is 0. The summed E-state index contributed by atoms with van der Waals surface area (Å²) in [6.45, 7) is 6.04. The molecule has 11 heteroatoms. The molecule has 1 fully saturated rings. The molecule has 1 atom stereocenters. The zero-order valence-corrected chi connectivity index (χ0v) is 22.3. The largest absolute Gasteiger partial charge is 0.337 e. The quantitative estimate of drug-likeness (QED) is 0.302. The van der Waals surface area contributed by atoms with E-state index in [1.54, 1.807) is 40.0 Å². The molecule has 1 saturated heterocycles. The van der Waals surface area contributed by atoms with Crippen LogP contribution in [0.1, 0.15) is 53.7 Å². The fourth-order valence-corrected chi connectivity index (χ4v) is 5.03. The Morgan fingerprint density at radius 2 is 2.02 bits per heavy atom. The first-order valence-electron chi connectivity index (χ1n) is 13.2. The molecule has 1 unspecified atom stereocenters. The lowest BCUT2D eigenvalue weighted by Crippen LogP contribution is -2.40. The second-order valence-electron chi connectivity index (χ2n) is 9.79. The predicted molar refractivity (Wildman–Crippen MR) is 149 cm³/mol. The van der Waals surface area contributed by atoms with E-state index in [1.165, 1.54) is 37.5 Å². The first kappa shape index (κ1) is 27.6. The Balaban J connectivity index is 1.44. The van der Waals surface area contributed by atoms with Gasteiger partial charge in [0, 0.05) is 60.2 Å². The molecule has 3 aromatic heterocycles. The fourth-order valence-electron chi connectivity index (χ4n) is 5.03. The number of nitrogens with one attached hydrogen (secondary N) is 1. The van der Waals surface area contributed by atoms with Crippen LogP contribution in [0.4, 0.5) is 14.6 Å². The van der Waals surface area contributed by atoms with E-state index in [9.17, 15) is 23.6 Å². The van der Waals surface area contributed by atoms with Crippen molar-refractivity contribution in [2.45, 2.75) is 38.2 Å². The Kier molecular flexibility index (Phi) is 7.57. The lowest BCUT2D eigenvalue weighted by atomic mass is 10.0. The molecule has 4 heterocycles. The van der Waals surface area contributed by atoms with E-state index in [4.69, 9.17) is 5.10 Å². The maximum Gasteiger partial charge on any atom is 0.273 e. The number of carbonyl (C=O) groups excluding carboxylic acids is 2. The van der Waals surface area contributed by atoms with E-state index in [2.05, 4.69) is 27.9 Å². The van der Waals surface area contributed by atoms with Crippen molar-refractivity contribution in [2.75, 3.05) is 18.4 Å². The van der Waals surface area contributed by atoms with Gasteiger partial charge in [-0.3, -0.25) is 19.3 Å². The second kappa shape index (κ2) is 11.3. The van der Waals surface area contributed by atoms with Gasteiger partial charge in [0.15, 0.2) is 0 Å². The van der Waals surface area contributed by atoms with E-state index in [0.29, 0.717) is 46.4 Å². The smallest absolute Gasteiger partial charge is 0.273 e. The number of halogens is 2. The third-order valence-corrected chi connectivity index (χ3v) is 7.25. The van der Waals surface area contributed by atoms with Gasteiger partial charge >= 0.3 is 0 Å². The number of hydrogen-bond donors (Lipinski definition) is 1. The molecule has 1 N–H and O–H groups in total. The van der Waals surface area contributed by atoms with Gasteiger partial charge in [0.1, 0.15) is 17.6 Å². The second-order valence-corrected chi connectivity index (χ2v) is 9.79. The van der Waals surface area contributed by atoms with Crippen LogP contribution < -0.4 is 5.32 Å². The predicted octanol–water partition coefficient (Wildman–Crippen LogP) is 5.47. The number of likely N-dealkylation sites (tertiary alicyclic amines) is 1. The van der Waals surface area contributed by atoms with Crippen LogP contribution in [0.25, 0.3) is 22.2 Å². The number of alkyl halides is 2. The topological polar surface area (TPSA) is 117 Å². The lowest BCUT2D eigenvalue weighted by Gasteiger charge is -2.32. The zero-order chi connectivity index (χ0) is 29.1. The molecule has 208 valence electrons. The van der Waals surface area contributed by atoms with Crippen molar-refractivity contribution in [3.63, 3.8) is 0 Å². The Morgan fingerprint density at radius 1 is 1.24 bits per heavy atom. The highest BCUT2D eigenvalue weighted by atomic mass is 19.3. The van der Waals surface area contributed by atoms with Gasteiger partial charge in [-0.15, -0.1) is 0 Å². The first-order chi connectivity index (χ1) is 19.7.